The van der Waals surface area contributed by atoms with Gasteiger partial charge in [-0.2, -0.15) is 0 Å². The minimum Gasteiger partial charge on any atom is -1.00 e. The molecule has 0 saturated carbocycles. The average molecular weight is 225 g/mol. The molecule has 0 atom stereocenters. The molecule has 0 amide bonds. The summed E-state index contributed by atoms with van der Waals surface area (Å²) < 4.78 is 0. The molecule has 0 heterocycles. The van der Waals surface area contributed by atoms with Gasteiger partial charge in [0.1, 0.15) is 0 Å². The molecule has 0 aromatic carbocycles. The van der Waals surface area contributed by atoms with Crippen LogP contribution in [0.15, 0.2) is 0 Å². The van der Waals surface area contributed by atoms with E-state index in [2.05, 4.69) is 0 Å². The Morgan fingerprint density at radius 1 is 0.333 bits per heavy atom. The summed E-state index contributed by atoms with van der Waals surface area (Å²) in [5, 5.41) is 0. The van der Waals surface area contributed by atoms with E-state index < -0.39 is 0 Å². The van der Waals surface area contributed by atoms with Crippen molar-refractivity contribution < 1.29 is 83.8 Å². The summed E-state index contributed by atoms with van der Waals surface area (Å²) in [5.41, 5.74) is 0. The molecule has 0 fully saturated rings. The zero-order valence-electron chi connectivity index (χ0n) is 2.39. The minimum absolute atomic E-state index is 0. The Kier molecular flexibility index (Phi) is 867. The average Bonchev–Trinajstić information content (AvgIpc) is 0. The van der Waals surface area contributed by atoms with Crippen LogP contribution in [0.1, 0.15) is 0 Å². The third kappa shape index (κ3) is 35.1. The van der Waals surface area contributed by atoms with Crippen LogP contribution >= 0.6 is 0 Å². The first-order valence-electron chi connectivity index (χ1n) is 0. The van der Waals surface area contributed by atoms with Crippen molar-refractivity contribution in [2.45, 2.75) is 0 Å². The Hall–Kier alpha value is 2.16. The molecule has 0 saturated heterocycles. The van der Waals surface area contributed by atoms with Crippen LogP contribution in [0.4, 0.5) is 0 Å². The zero-order chi connectivity index (χ0) is 0. The van der Waals surface area contributed by atoms with Crippen molar-refractivity contribution in [2.24, 2.45) is 0 Å². The molecule has 0 aliphatic carbocycles. The third-order valence-corrected chi connectivity index (χ3v) is 0. The summed E-state index contributed by atoms with van der Waals surface area (Å²) in [6, 6.07) is 0. The molecule has 0 aliphatic rings. The third-order valence-electron chi connectivity index (χ3n) is 0. The van der Waals surface area contributed by atoms with Gasteiger partial charge in [-0.3, -0.25) is 0 Å². The fourth-order valence-electron chi connectivity index (χ4n) is 0. The predicted octanol–water partition coefficient (Wildman–Crippen LogP) is -15.0. The second-order valence-electron chi connectivity index (χ2n) is 0. The number of rotatable bonds is 0. The van der Waals surface area contributed by atoms with Crippen molar-refractivity contribution in [1.29, 1.82) is 0 Å². The Bertz CT molecular complexity index is 3.90. The van der Waals surface area contributed by atoms with Crippen LogP contribution in [-0.4, -0.2) is 0 Å². The van der Waals surface area contributed by atoms with E-state index >= 15 is 0 Å². The smallest absolute Gasteiger partial charge is 0 e. The van der Waals surface area contributed by atoms with Gasteiger partial charge in [-0.05, 0) is 0 Å². The maximum atomic E-state index is 0. The zero-order valence-corrected chi connectivity index (χ0v) is 7.73. The van der Waals surface area contributed by atoms with E-state index in [1.807, 2.05) is 0 Å². The van der Waals surface area contributed by atoms with Gasteiger partial charge in [0.15, 0.2) is 0 Å². The van der Waals surface area contributed by atoms with Crippen LogP contribution in [0.25, 0.3) is 0 Å². The first-order chi connectivity index (χ1) is 0. The molecule has 6 heavy (non-hydrogen) atoms. The van der Waals surface area contributed by atoms with Crippen LogP contribution < -0.4 is 62.0 Å². The van der Waals surface area contributed by atoms with Crippen molar-refractivity contribution in [1.82, 2.24) is 0 Å². The Morgan fingerprint density at radius 3 is 0.333 bits per heavy atom. The van der Waals surface area contributed by atoms with Gasteiger partial charge < -0.3 is 62.0 Å². The van der Waals surface area contributed by atoms with E-state index in [0.29, 0.717) is 0 Å². The van der Waals surface area contributed by atoms with Gasteiger partial charge in [0.2, 0.25) is 0 Å². The molecule has 0 nitrogen and oxygen atoms in total. The summed E-state index contributed by atoms with van der Waals surface area (Å²) in [6.07, 6.45) is 0. The standard InChI is InChI=1S/5ClH.Ti/h5*1H;/p-5. The number of hydrogen-bond acceptors (Lipinski definition) is 0. The van der Waals surface area contributed by atoms with E-state index in [4.69, 9.17) is 0 Å². The Morgan fingerprint density at radius 2 is 0.333 bits per heavy atom. The molecule has 0 rings (SSSR count). The van der Waals surface area contributed by atoms with E-state index in [0.717, 1.165) is 0 Å². The first kappa shape index (κ1) is 89.5. The van der Waals surface area contributed by atoms with Gasteiger partial charge in [0, 0.05) is 21.7 Å². The van der Waals surface area contributed by atoms with E-state index in [1.54, 1.807) is 0 Å². The van der Waals surface area contributed by atoms with Crippen LogP contribution in [0.5, 0.6) is 0 Å². The van der Waals surface area contributed by atoms with Crippen LogP contribution in [0, 0.1) is 0 Å². The first-order valence-corrected chi connectivity index (χ1v) is 0. The molecule has 44 valence electrons. The van der Waals surface area contributed by atoms with Crippen LogP contribution in [-0.2, 0) is 21.7 Å². The number of halogens is 5. The molecular formula is Cl5Ti-5. The monoisotopic (exact) mass is 223 g/mol. The summed E-state index contributed by atoms with van der Waals surface area (Å²) in [4.78, 5) is 0. The van der Waals surface area contributed by atoms with Crippen LogP contribution in [0.3, 0.4) is 0 Å². The molecule has 0 radical (unpaired) electrons. The Balaban J connectivity index is 0. The van der Waals surface area contributed by atoms with Gasteiger partial charge >= 0.3 is 0 Å². The molecule has 0 aromatic rings. The van der Waals surface area contributed by atoms with Gasteiger partial charge in [-0.15, -0.1) is 0 Å². The summed E-state index contributed by atoms with van der Waals surface area (Å²) in [5.74, 6) is 0. The van der Waals surface area contributed by atoms with Crippen LogP contribution in [0.2, 0.25) is 0 Å². The summed E-state index contributed by atoms with van der Waals surface area (Å²) >= 11 is 0. The van der Waals surface area contributed by atoms with Crippen molar-refractivity contribution in [3.63, 3.8) is 0 Å². The van der Waals surface area contributed by atoms with Gasteiger partial charge in [0.25, 0.3) is 0 Å². The molecule has 0 spiro atoms. The summed E-state index contributed by atoms with van der Waals surface area (Å²) in [7, 11) is 0. The molecular weight excluding hydrogens is 225 g/mol. The molecule has 0 aromatic heterocycles. The SMILES string of the molecule is [Cl-].[Cl-].[Cl-].[Cl-].[Cl-].[Ti]. The van der Waals surface area contributed by atoms with Gasteiger partial charge in [-0.25, -0.2) is 0 Å². The molecule has 0 aliphatic heterocycles. The molecule has 0 bridgehead atoms. The Labute approximate surface area is 83.1 Å². The topological polar surface area (TPSA) is 0 Å². The predicted molar refractivity (Wildman–Crippen MR) is 0 cm³/mol. The largest absolute Gasteiger partial charge is 1.00 e. The van der Waals surface area contributed by atoms with Gasteiger partial charge in [0.05, 0.1) is 0 Å². The second-order valence-corrected chi connectivity index (χ2v) is 0. The maximum absolute atomic E-state index is 0. The van der Waals surface area contributed by atoms with Crippen molar-refractivity contribution in [3.8, 4) is 0 Å². The molecule has 6 heteroatoms. The number of hydrogen-bond donors (Lipinski definition) is 0. The molecule has 0 N–H and O–H groups in total. The van der Waals surface area contributed by atoms with Crippen molar-refractivity contribution in [3.05, 3.63) is 0 Å². The normalized spacial score (nSPS) is 0. The van der Waals surface area contributed by atoms with Crippen molar-refractivity contribution in [2.75, 3.05) is 0 Å². The fraction of sp³-hybridized carbons (Fsp3) is 0. The van der Waals surface area contributed by atoms with E-state index in [9.17, 15) is 0 Å². The fourth-order valence-corrected chi connectivity index (χ4v) is 0. The van der Waals surface area contributed by atoms with Crippen molar-refractivity contribution >= 4 is 0 Å². The van der Waals surface area contributed by atoms with Gasteiger partial charge in [-0.1, -0.05) is 0 Å². The second kappa shape index (κ2) is 58.1. The quantitative estimate of drug-likeness (QED) is 0.359. The minimum atomic E-state index is 0. The van der Waals surface area contributed by atoms with E-state index in [1.165, 1.54) is 0 Å². The maximum Gasteiger partial charge on any atom is 0 e. The van der Waals surface area contributed by atoms with E-state index in [-0.39, 0.29) is 83.8 Å². The summed E-state index contributed by atoms with van der Waals surface area (Å²) in [6.45, 7) is 0. The molecule has 0 unspecified atom stereocenters.